The number of hydrogen-bond acceptors (Lipinski definition) is 4. The Kier molecular flexibility index (Phi) is 2.06. The van der Waals surface area contributed by atoms with Gasteiger partial charge in [0.05, 0.1) is 6.10 Å². The lowest BCUT2D eigenvalue weighted by Crippen LogP contribution is -2.04. The maximum absolute atomic E-state index is 5.64. The Hall–Kier alpha value is -1.29. The predicted octanol–water partition coefficient (Wildman–Crippen LogP) is 0.664. The highest BCUT2D eigenvalue weighted by Crippen LogP contribution is 2.29. The van der Waals surface area contributed by atoms with Crippen LogP contribution >= 0.6 is 0 Å². The van der Waals surface area contributed by atoms with E-state index < -0.39 is 0 Å². The molecular weight excluding hydrogens is 166 g/mol. The maximum Gasteiger partial charge on any atom is 0.166 e. The Morgan fingerprint density at radius 1 is 1.54 bits per heavy atom. The van der Waals surface area contributed by atoms with E-state index in [1.54, 1.807) is 6.20 Å². The Balaban J connectivity index is 2.19. The number of ether oxygens (including phenoxy) is 1. The van der Waals surface area contributed by atoms with E-state index in [4.69, 9.17) is 16.2 Å². The number of nitrogen functional groups attached to an aromatic ring is 1. The first-order chi connectivity index (χ1) is 6.29. The minimum absolute atomic E-state index is 0.345. The van der Waals surface area contributed by atoms with Crippen LogP contribution in [0.15, 0.2) is 12.3 Å². The Labute approximate surface area is 76.9 Å². The van der Waals surface area contributed by atoms with Gasteiger partial charge in [0.25, 0.3) is 0 Å². The quantitative estimate of drug-likeness (QED) is 0.715. The van der Waals surface area contributed by atoms with Gasteiger partial charge >= 0.3 is 0 Å². The van der Waals surface area contributed by atoms with Gasteiger partial charge in [-0.2, -0.15) is 0 Å². The van der Waals surface area contributed by atoms with Crippen LogP contribution in [0.25, 0.3) is 0 Å². The topological polar surface area (TPSA) is 74.2 Å². The van der Waals surface area contributed by atoms with Crippen molar-refractivity contribution in [3.8, 4) is 5.75 Å². The summed E-state index contributed by atoms with van der Waals surface area (Å²) in [6.07, 6.45) is 4.25. The molecular formula is C9H13N3O. The molecule has 2 rings (SSSR count). The van der Waals surface area contributed by atoms with Gasteiger partial charge in [0.2, 0.25) is 0 Å². The van der Waals surface area contributed by atoms with Crippen molar-refractivity contribution < 1.29 is 4.74 Å². The average molecular weight is 179 g/mol. The smallest absolute Gasteiger partial charge is 0.166 e. The minimum Gasteiger partial charge on any atom is -0.487 e. The van der Waals surface area contributed by atoms with E-state index in [1.807, 2.05) is 6.07 Å². The molecule has 0 unspecified atom stereocenters. The van der Waals surface area contributed by atoms with E-state index in [9.17, 15) is 0 Å². The summed E-state index contributed by atoms with van der Waals surface area (Å²) in [5.74, 6) is 1.12. The lowest BCUT2D eigenvalue weighted by Gasteiger charge is -2.07. The number of nitrogens with zero attached hydrogens (tertiary/aromatic N) is 1. The van der Waals surface area contributed by atoms with Crippen LogP contribution in [0.3, 0.4) is 0 Å². The van der Waals surface area contributed by atoms with E-state index >= 15 is 0 Å². The van der Waals surface area contributed by atoms with Crippen LogP contribution < -0.4 is 16.2 Å². The van der Waals surface area contributed by atoms with Crippen molar-refractivity contribution in [1.29, 1.82) is 0 Å². The molecule has 1 aliphatic rings. The third-order valence-electron chi connectivity index (χ3n) is 1.99. The molecule has 1 fully saturated rings. The van der Waals surface area contributed by atoms with Crippen molar-refractivity contribution >= 4 is 5.82 Å². The largest absolute Gasteiger partial charge is 0.487 e. The van der Waals surface area contributed by atoms with Gasteiger partial charge in [0, 0.05) is 12.7 Å². The van der Waals surface area contributed by atoms with Crippen LogP contribution in [0.4, 0.5) is 5.82 Å². The number of pyridine rings is 1. The number of nitrogens with two attached hydrogens (primary N) is 2. The van der Waals surface area contributed by atoms with Gasteiger partial charge in [0.1, 0.15) is 0 Å². The molecule has 4 heteroatoms. The van der Waals surface area contributed by atoms with Crippen LogP contribution in [-0.2, 0) is 6.54 Å². The number of aromatic nitrogens is 1. The normalized spacial score (nSPS) is 15.8. The standard InChI is InChI=1S/C9H13N3O/c10-4-6-3-8(9(11)12-5-6)13-7-1-2-7/h3,5,7H,1-2,4,10H2,(H2,11,12). The first kappa shape index (κ1) is 8.31. The Morgan fingerprint density at radius 3 is 2.92 bits per heavy atom. The van der Waals surface area contributed by atoms with Gasteiger partial charge in [-0.15, -0.1) is 0 Å². The van der Waals surface area contributed by atoms with Crippen molar-refractivity contribution in [2.45, 2.75) is 25.5 Å². The van der Waals surface area contributed by atoms with Crippen molar-refractivity contribution in [1.82, 2.24) is 4.98 Å². The summed E-state index contributed by atoms with van der Waals surface area (Å²) in [4.78, 5) is 4.00. The molecule has 0 radical (unpaired) electrons. The molecule has 0 aliphatic heterocycles. The summed E-state index contributed by atoms with van der Waals surface area (Å²) in [7, 11) is 0. The summed E-state index contributed by atoms with van der Waals surface area (Å²) in [5.41, 5.74) is 12.1. The van der Waals surface area contributed by atoms with Crippen LogP contribution in [0.1, 0.15) is 18.4 Å². The second-order valence-electron chi connectivity index (χ2n) is 3.25. The third-order valence-corrected chi connectivity index (χ3v) is 1.99. The second kappa shape index (κ2) is 3.22. The van der Waals surface area contributed by atoms with E-state index in [0.717, 1.165) is 18.4 Å². The number of hydrogen-bond donors (Lipinski definition) is 2. The SMILES string of the molecule is NCc1cnc(N)c(OC2CC2)c1. The second-order valence-corrected chi connectivity index (χ2v) is 3.25. The molecule has 1 heterocycles. The van der Waals surface area contributed by atoms with E-state index in [1.165, 1.54) is 0 Å². The van der Waals surface area contributed by atoms with Crippen LogP contribution in [0.2, 0.25) is 0 Å². The summed E-state index contributed by atoms with van der Waals surface area (Å²) < 4.78 is 5.56. The van der Waals surface area contributed by atoms with Gasteiger partial charge in [-0.25, -0.2) is 4.98 Å². The Morgan fingerprint density at radius 2 is 2.31 bits per heavy atom. The molecule has 0 aromatic carbocycles. The van der Waals surface area contributed by atoms with Crippen molar-refractivity contribution in [2.24, 2.45) is 5.73 Å². The van der Waals surface area contributed by atoms with Crippen LogP contribution in [-0.4, -0.2) is 11.1 Å². The highest BCUT2D eigenvalue weighted by atomic mass is 16.5. The molecule has 1 aromatic rings. The van der Waals surface area contributed by atoms with Gasteiger partial charge in [-0.3, -0.25) is 0 Å². The first-order valence-corrected chi connectivity index (χ1v) is 4.40. The zero-order valence-electron chi connectivity index (χ0n) is 7.36. The molecule has 13 heavy (non-hydrogen) atoms. The number of rotatable bonds is 3. The van der Waals surface area contributed by atoms with E-state index in [-0.39, 0.29) is 0 Å². The molecule has 0 spiro atoms. The summed E-state index contributed by atoms with van der Waals surface area (Å²) in [5, 5.41) is 0. The Bertz CT molecular complexity index is 310. The average Bonchev–Trinajstić information content (AvgIpc) is 2.93. The fourth-order valence-electron chi connectivity index (χ4n) is 1.07. The number of anilines is 1. The van der Waals surface area contributed by atoms with Crippen molar-refractivity contribution in [3.05, 3.63) is 17.8 Å². The first-order valence-electron chi connectivity index (χ1n) is 4.40. The molecule has 4 nitrogen and oxygen atoms in total. The molecule has 4 N–H and O–H groups in total. The fraction of sp³-hybridized carbons (Fsp3) is 0.444. The minimum atomic E-state index is 0.345. The highest BCUT2D eigenvalue weighted by Gasteiger charge is 2.24. The lowest BCUT2D eigenvalue weighted by atomic mass is 10.3. The van der Waals surface area contributed by atoms with Gasteiger partial charge in [-0.05, 0) is 24.5 Å². The van der Waals surface area contributed by atoms with Crippen molar-refractivity contribution in [2.75, 3.05) is 5.73 Å². The van der Waals surface area contributed by atoms with E-state index in [2.05, 4.69) is 4.98 Å². The highest BCUT2D eigenvalue weighted by molar-refractivity contribution is 5.47. The zero-order chi connectivity index (χ0) is 9.26. The molecule has 1 saturated carbocycles. The van der Waals surface area contributed by atoms with Crippen LogP contribution in [0.5, 0.6) is 5.75 Å². The predicted molar refractivity (Wildman–Crippen MR) is 50.2 cm³/mol. The molecule has 0 bridgehead atoms. The molecule has 70 valence electrons. The van der Waals surface area contributed by atoms with Gasteiger partial charge in [0.15, 0.2) is 11.6 Å². The van der Waals surface area contributed by atoms with Gasteiger partial charge < -0.3 is 16.2 Å². The lowest BCUT2D eigenvalue weighted by molar-refractivity contribution is 0.303. The zero-order valence-corrected chi connectivity index (χ0v) is 7.36. The van der Waals surface area contributed by atoms with Crippen LogP contribution in [0, 0.1) is 0 Å². The molecule has 0 atom stereocenters. The third kappa shape index (κ3) is 1.89. The molecule has 0 amide bonds. The molecule has 1 aliphatic carbocycles. The summed E-state index contributed by atoms with van der Waals surface area (Å²) in [6.45, 7) is 0.467. The summed E-state index contributed by atoms with van der Waals surface area (Å²) >= 11 is 0. The maximum atomic E-state index is 5.64. The van der Waals surface area contributed by atoms with E-state index in [0.29, 0.717) is 24.2 Å². The summed E-state index contributed by atoms with van der Waals surface area (Å²) in [6, 6.07) is 1.86. The fourth-order valence-corrected chi connectivity index (χ4v) is 1.07. The molecule has 0 saturated heterocycles. The van der Waals surface area contributed by atoms with Crippen molar-refractivity contribution in [3.63, 3.8) is 0 Å². The molecule has 1 aromatic heterocycles. The monoisotopic (exact) mass is 179 g/mol. The van der Waals surface area contributed by atoms with Gasteiger partial charge in [-0.1, -0.05) is 0 Å².